The molecule has 17 heavy (non-hydrogen) atoms. The summed E-state index contributed by atoms with van der Waals surface area (Å²) in [7, 11) is 0. The van der Waals surface area contributed by atoms with E-state index < -0.39 is 5.54 Å². The molecule has 0 rings (SSSR count). The van der Waals surface area contributed by atoms with Crippen molar-refractivity contribution < 1.29 is 9.47 Å². The molecule has 0 aliphatic carbocycles. The van der Waals surface area contributed by atoms with Gasteiger partial charge in [0.2, 0.25) is 0 Å². The molecule has 1 unspecified atom stereocenters. The smallest absolute Gasteiger partial charge is 0.104 e. The molecule has 0 saturated heterocycles. The molecule has 1 atom stereocenters. The number of nitriles is 1. The Morgan fingerprint density at radius 1 is 1.24 bits per heavy atom. The summed E-state index contributed by atoms with van der Waals surface area (Å²) in [6.07, 6.45) is 2.19. The molecule has 0 bridgehead atoms. The molecule has 0 amide bonds. The highest BCUT2D eigenvalue weighted by Crippen LogP contribution is 2.12. The predicted molar refractivity (Wildman–Crippen MR) is 68.5 cm³/mol. The Labute approximate surface area is 105 Å². The molecule has 2 N–H and O–H groups in total. The highest BCUT2D eigenvalue weighted by Gasteiger charge is 2.20. The van der Waals surface area contributed by atoms with E-state index in [1.165, 1.54) is 0 Å². The van der Waals surface area contributed by atoms with Gasteiger partial charge in [0.1, 0.15) is 5.54 Å². The van der Waals surface area contributed by atoms with Crippen LogP contribution in [0.4, 0.5) is 0 Å². The Balaban J connectivity index is 3.33. The summed E-state index contributed by atoms with van der Waals surface area (Å²) < 4.78 is 10.8. The van der Waals surface area contributed by atoms with Crippen LogP contribution in [-0.2, 0) is 9.47 Å². The van der Waals surface area contributed by atoms with E-state index in [0.717, 1.165) is 13.0 Å². The predicted octanol–water partition coefficient (Wildman–Crippen LogP) is 2.09. The van der Waals surface area contributed by atoms with Gasteiger partial charge in [0.05, 0.1) is 19.3 Å². The molecule has 0 fully saturated rings. The number of ether oxygens (including phenoxy) is 2. The molecule has 0 aliphatic rings. The second-order valence-electron chi connectivity index (χ2n) is 4.81. The zero-order valence-electron chi connectivity index (χ0n) is 11.4. The van der Waals surface area contributed by atoms with Crippen LogP contribution in [-0.4, -0.2) is 32.0 Å². The highest BCUT2D eigenvalue weighted by molar-refractivity contribution is 5.03. The van der Waals surface area contributed by atoms with E-state index in [1.54, 1.807) is 0 Å². The maximum atomic E-state index is 8.87. The van der Waals surface area contributed by atoms with E-state index in [2.05, 4.69) is 19.9 Å². The molecule has 0 aromatic carbocycles. The molecule has 4 nitrogen and oxygen atoms in total. The zero-order valence-corrected chi connectivity index (χ0v) is 11.4. The minimum absolute atomic E-state index is 0.563. The molecule has 0 aliphatic heterocycles. The van der Waals surface area contributed by atoms with Crippen LogP contribution in [0.25, 0.3) is 0 Å². The summed E-state index contributed by atoms with van der Waals surface area (Å²) in [5.74, 6) is 0.563. The molecular weight excluding hydrogens is 216 g/mol. The van der Waals surface area contributed by atoms with Gasteiger partial charge in [0.15, 0.2) is 0 Å². The van der Waals surface area contributed by atoms with Crippen LogP contribution < -0.4 is 5.73 Å². The summed E-state index contributed by atoms with van der Waals surface area (Å²) in [4.78, 5) is 0. The minimum atomic E-state index is -0.683. The van der Waals surface area contributed by atoms with Gasteiger partial charge in [0, 0.05) is 13.2 Å². The van der Waals surface area contributed by atoms with E-state index in [0.29, 0.717) is 38.6 Å². The van der Waals surface area contributed by atoms with Gasteiger partial charge in [-0.15, -0.1) is 0 Å². The molecule has 0 aromatic rings. The number of hydrogen-bond acceptors (Lipinski definition) is 4. The van der Waals surface area contributed by atoms with Gasteiger partial charge in [-0.25, -0.2) is 0 Å². The Bertz CT molecular complexity index is 226. The van der Waals surface area contributed by atoms with Gasteiger partial charge in [-0.1, -0.05) is 20.8 Å². The topological polar surface area (TPSA) is 68.3 Å². The largest absolute Gasteiger partial charge is 0.379 e. The van der Waals surface area contributed by atoms with Crippen molar-refractivity contribution >= 4 is 0 Å². The first kappa shape index (κ1) is 16.4. The normalized spacial score (nSPS) is 14.6. The van der Waals surface area contributed by atoms with Gasteiger partial charge < -0.3 is 15.2 Å². The van der Waals surface area contributed by atoms with E-state index in [4.69, 9.17) is 20.5 Å². The lowest BCUT2D eigenvalue weighted by Crippen LogP contribution is -2.37. The third kappa shape index (κ3) is 9.11. The van der Waals surface area contributed by atoms with Gasteiger partial charge in [-0.3, -0.25) is 0 Å². The number of nitrogens with two attached hydrogens (primary N) is 1. The van der Waals surface area contributed by atoms with Crippen LogP contribution in [0.3, 0.4) is 0 Å². The molecule has 0 saturated carbocycles. The van der Waals surface area contributed by atoms with Crippen molar-refractivity contribution in [1.29, 1.82) is 5.26 Å². The Morgan fingerprint density at radius 3 is 2.41 bits per heavy atom. The van der Waals surface area contributed by atoms with Gasteiger partial charge >= 0.3 is 0 Å². The van der Waals surface area contributed by atoms with E-state index in [1.807, 2.05) is 6.92 Å². The lowest BCUT2D eigenvalue weighted by molar-refractivity contribution is 0.0358. The number of rotatable bonds is 10. The van der Waals surface area contributed by atoms with Crippen LogP contribution in [0.1, 0.15) is 40.0 Å². The fraction of sp³-hybridized carbons (Fsp3) is 0.923. The number of nitrogens with zero attached hydrogens (tertiary/aromatic N) is 1. The maximum Gasteiger partial charge on any atom is 0.104 e. The molecule has 100 valence electrons. The third-order valence-corrected chi connectivity index (χ3v) is 2.59. The minimum Gasteiger partial charge on any atom is -0.379 e. The van der Waals surface area contributed by atoms with Crippen molar-refractivity contribution in [3.63, 3.8) is 0 Å². The summed E-state index contributed by atoms with van der Waals surface area (Å²) in [5, 5.41) is 8.87. The molecule has 4 heteroatoms. The Morgan fingerprint density at radius 2 is 1.88 bits per heavy atom. The lowest BCUT2D eigenvalue weighted by atomic mass is 9.94. The monoisotopic (exact) mass is 242 g/mol. The van der Waals surface area contributed by atoms with Crippen LogP contribution in [0, 0.1) is 17.2 Å². The second kappa shape index (κ2) is 9.41. The fourth-order valence-electron chi connectivity index (χ4n) is 1.34. The van der Waals surface area contributed by atoms with Crippen molar-refractivity contribution in [1.82, 2.24) is 0 Å². The van der Waals surface area contributed by atoms with Crippen molar-refractivity contribution in [3.8, 4) is 6.07 Å². The SMILES string of the molecule is CCC(N)(C#N)CCCOCCOCC(C)C. The van der Waals surface area contributed by atoms with E-state index in [9.17, 15) is 0 Å². The molecule has 0 aromatic heterocycles. The fourth-order valence-corrected chi connectivity index (χ4v) is 1.34. The first-order chi connectivity index (χ1) is 8.04. The average Bonchev–Trinajstić information content (AvgIpc) is 2.32. The van der Waals surface area contributed by atoms with E-state index in [-0.39, 0.29) is 0 Å². The van der Waals surface area contributed by atoms with Gasteiger partial charge in [-0.05, 0) is 25.2 Å². The van der Waals surface area contributed by atoms with Crippen molar-refractivity contribution in [2.45, 2.75) is 45.6 Å². The van der Waals surface area contributed by atoms with Crippen LogP contribution >= 0.6 is 0 Å². The number of hydrogen-bond donors (Lipinski definition) is 1. The van der Waals surface area contributed by atoms with Gasteiger partial charge in [-0.2, -0.15) is 5.26 Å². The molecule has 0 spiro atoms. The second-order valence-corrected chi connectivity index (χ2v) is 4.81. The average molecular weight is 242 g/mol. The van der Waals surface area contributed by atoms with Crippen LogP contribution in [0.2, 0.25) is 0 Å². The Kier molecular flexibility index (Phi) is 9.06. The maximum absolute atomic E-state index is 8.87. The molecular formula is C13H26N2O2. The van der Waals surface area contributed by atoms with Crippen LogP contribution in [0.5, 0.6) is 0 Å². The third-order valence-electron chi connectivity index (χ3n) is 2.59. The Hall–Kier alpha value is -0.630. The molecule has 0 radical (unpaired) electrons. The van der Waals surface area contributed by atoms with Crippen molar-refractivity contribution in [3.05, 3.63) is 0 Å². The first-order valence-corrected chi connectivity index (χ1v) is 6.39. The summed E-state index contributed by atoms with van der Waals surface area (Å²) in [6, 6.07) is 2.15. The molecule has 0 heterocycles. The lowest BCUT2D eigenvalue weighted by Gasteiger charge is -2.18. The summed E-state index contributed by atoms with van der Waals surface area (Å²) in [5.41, 5.74) is 5.17. The van der Waals surface area contributed by atoms with Gasteiger partial charge in [0.25, 0.3) is 0 Å². The zero-order chi connectivity index (χ0) is 13.1. The summed E-state index contributed by atoms with van der Waals surface area (Å²) in [6.45, 7) is 8.85. The summed E-state index contributed by atoms with van der Waals surface area (Å²) >= 11 is 0. The van der Waals surface area contributed by atoms with Crippen LogP contribution in [0.15, 0.2) is 0 Å². The standard InChI is InChI=1S/C13H26N2O2/c1-4-13(15,11-14)6-5-7-16-8-9-17-10-12(2)3/h12H,4-10,15H2,1-3H3. The quantitative estimate of drug-likeness (QED) is 0.596. The highest BCUT2D eigenvalue weighted by atomic mass is 16.5. The first-order valence-electron chi connectivity index (χ1n) is 6.39. The van der Waals surface area contributed by atoms with E-state index >= 15 is 0 Å². The van der Waals surface area contributed by atoms with Crippen molar-refractivity contribution in [2.75, 3.05) is 26.4 Å². The van der Waals surface area contributed by atoms with Crippen molar-refractivity contribution in [2.24, 2.45) is 11.7 Å².